The van der Waals surface area contributed by atoms with E-state index in [4.69, 9.17) is 9.26 Å². The van der Waals surface area contributed by atoms with Crippen LogP contribution in [0.2, 0.25) is 0 Å². The topological polar surface area (TPSA) is 68.4 Å². The molecular formula is C13H14N2O3. The summed E-state index contributed by atoms with van der Waals surface area (Å²) < 4.78 is 10.2. The minimum atomic E-state index is 0.0594. The molecule has 94 valence electrons. The van der Waals surface area contributed by atoms with E-state index in [0.717, 1.165) is 12.8 Å². The summed E-state index contributed by atoms with van der Waals surface area (Å²) >= 11 is 0. The van der Waals surface area contributed by atoms with Crippen molar-refractivity contribution in [2.24, 2.45) is 0 Å². The average molecular weight is 246 g/mol. The molecule has 3 rings (SSSR count). The lowest BCUT2D eigenvalue weighted by molar-refractivity contribution is 0.402. The van der Waals surface area contributed by atoms with Gasteiger partial charge < -0.3 is 14.4 Å². The number of phenols is 1. The predicted molar refractivity (Wildman–Crippen MR) is 64.5 cm³/mol. The van der Waals surface area contributed by atoms with E-state index in [2.05, 4.69) is 17.1 Å². The molecule has 0 spiro atoms. The van der Waals surface area contributed by atoms with E-state index in [-0.39, 0.29) is 11.2 Å². The number of nitrogens with zero attached hydrogens (tertiary/aromatic N) is 2. The molecule has 1 N–H and O–H groups in total. The average Bonchev–Trinajstić information content (AvgIpc) is 2.93. The van der Waals surface area contributed by atoms with Gasteiger partial charge in [0.2, 0.25) is 0 Å². The second-order valence-corrected chi connectivity index (χ2v) is 4.87. The molecule has 0 atom stereocenters. The highest BCUT2D eigenvalue weighted by Crippen LogP contribution is 2.46. The number of phenolic OH excluding ortho intramolecular Hbond substituents is 1. The fourth-order valence-corrected chi connectivity index (χ4v) is 1.81. The molecule has 5 heteroatoms. The van der Waals surface area contributed by atoms with Crippen molar-refractivity contribution in [3.8, 4) is 23.0 Å². The second kappa shape index (κ2) is 3.73. The number of benzene rings is 1. The van der Waals surface area contributed by atoms with Gasteiger partial charge in [0.05, 0.1) is 12.7 Å². The fourth-order valence-electron chi connectivity index (χ4n) is 1.81. The number of aromatic nitrogens is 2. The molecule has 1 aromatic heterocycles. The summed E-state index contributed by atoms with van der Waals surface area (Å²) in [5, 5.41) is 13.9. The highest BCUT2D eigenvalue weighted by atomic mass is 16.5. The Bertz CT molecular complexity index is 588. The van der Waals surface area contributed by atoms with Gasteiger partial charge in [0.15, 0.2) is 5.82 Å². The van der Waals surface area contributed by atoms with Gasteiger partial charge in [-0.3, -0.25) is 0 Å². The lowest BCUT2D eigenvalue weighted by Crippen LogP contribution is -2.01. The van der Waals surface area contributed by atoms with Crippen molar-refractivity contribution in [1.29, 1.82) is 0 Å². The monoisotopic (exact) mass is 246 g/mol. The van der Waals surface area contributed by atoms with Crippen LogP contribution in [0.3, 0.4) is 0 Å². The maximum atomic E-state index is 9.90. The van der Waals surface area contributed by atoms with Crippen LogP contribution in [0.4, 0.5) is 0 Å². The molecule has 1 aliphatic carbocycles. The van der Waals surface area contributed by atoms with Crippen molar-refractivity contribution in [1.82, 2.24) is 10.1 Å². The van der Waals surface area contributed by atoms with E-state index < -0.39 is 0 Å². The van der Waals surface area contributed by atoms with Crippen LogP contribution in [-0.4, -0.2) is 22.4 Å². The minimum absolute atomic E-state index is 0.0594. The normalized spacial score (nSPS) is 16.6. The van der Waals surface area contributed by atoms with Gasteiger partial charge >= 0.3 is 0 Å². The van der Waals surface area contributed by atoms with Crippen molar-refractivity contribution < 1.29 is 14.4 Å². The molecule has 5 nitrogen and oxygen atoms in total. The summed E-state index contributed by atoms with van der Waals surface area (Å²) in [6, 6.07) is 4.98. The quantitative estimate of drug-likeness (QED) is 0.901. The van der Waals surface area contributed by atoms with Gasteiger partial charge in [-0.2, -0.15) is 4.98 Å². The van der Waals surface area contributed by atoms with Gasteiger partial charge in [0.25, 0.3) is 5.89 Å². The summed E-state index contributed by atoms with van der Waals surface area (Å²) in [6.07, 6.45) is 2.17. The zero-order chi connectivity index (χ0) is 12.8. The van der Waals surface area contributed by atoms with Crippen molar-refractivity contribution in [2.45, 2.75) is 25.2 Å². The molecule has 0 bridgehead atoms. The molecule has 1 heterocycles. The molecule has 2 aromatic rings. The molecule has 18 heavy (non-hydrogen) atoms. The van der Waals surface area contributed by atoms with Crippen molar-refractivity contribution in [3.63, 3.8) is 0 Å². The summed E-state index contributed by atoms with van der Waals surface area (Å²) in [5.74, 6) is 1.72. The molecule has 1 aromatic carbocycles. The van der Waals surface area contributed by atoms with Gasteiger partial charge in [0.1, 0.15) is 11.5 Å². The van der Waals surface area contributed by atoms with E-state index in [1.165, 1.54) is 6.07 Å². The van der Waals surface area contributed by atoms with E-state index in [1.54, 1.807) is 19.2 Å². The van der Waals surface area contributed by atoms with Gasteiger partial charge in [-0.1, -0.05) is 12.1 Å². The third kappa shape index (κ3) is 1.72. The third-order valence-electron chi connectivity index (χ3n) is 3.40. The first kappa shape index (κ1) is 11.1. The Morgan fingerprint density at radius 2 is 2.17 bits per heavy atom. The minimum Gasteiger partial charge on any atom is -0.507 e. The van der Waals surface area contributed by atoms with E-state index in [9.17, 15) is 5.11 Å². The van der Waals surface area contributed by atoms with Crippen LogP contribution in [-0.2, 0) is 5.41 Å². The van der Waals surface area contributed by atoms with Crippen LogP contribution >= 0.6 is 0 Å². The van der Waals surface area contributed by atoms with Crippen molar-refractivity contribution >= 4 is 0 Å². The highest BCUT2D eigenvalue weighted by Gasteiger charge is 2.43. The number of aromatic hydroxyl groups is 1. The second-order valence-electron chi connectivity index (χ2n) is 4.87. The zero-order valence-electron chi connectivity index (χ0n) is 10.3. The molecule has 1 saturated carbocycles. The zero-order valence-corrected chi connectivity index (χ0v) is 10.3. The Morgan fingerprint density at radius 3 is 2.78 bits per heavy atom. The van der Waals surface area contributed by atoms with Gasteiger partial charge in [0, 0.05) is 11.5 Å². The smallest absolute Gasteiger partial charge is 0.261 e. The van der Waals surface area contributed by atoms with E-state index in [1.807, 2.05) is 0 Å². The molecule has 1 fully saturated rings. The van der Waals surface area contributed by atoms with E-state index >= 15 is 0 Å². The van der Waals surface area contributed by atoms with Crippen LogP contribution < -0.4 is 4.74 Å². The largest absolute Gasteiger partial charge is 0.507 e. The lowest BCUT2D eigenvalue weighted by Gasteiger charge is -2.03. The molecule has 0 amide bonds. The Labute approximate surface area is 104 Å². The van der Waals surface area contributed by atoms with Crippen LogP contribution in [0.1, 0.15) is 25.6 Å². The third-order valence-corrected chi connectivity index (χ3v) is 3.40. The van der Waals surface area contributed by atoms with Gasteiger partial charge in [-0.15, -0.1) is 0 Å². The van der Waals surface area contributed by atoms with Crippen LogP contribution in [0, 0.1) is 0 Å². The van der Waals surface area contributed by atoms with Crippen LogP contribution in [0.15, 0.2) is 22.7 Å². The number of methoxy groups -OCH3 is 1. The standard InChI is InChI=1S/C13H14N2O3/c1-13(5-6-13)12-14-11(18-15-12)9-4-3-8(17-2)7-10(9)16/h3-4,7,16H,5-6H2,1-2H3. The lowest BCUT2D eigenvalue weighted by atomic mass is 10.1. The first-order valence-electron chi connectivity index (χ1n) is 5.84. The first-order valence-corrected chi connectivity index (χ1v) is 5.84. The summed E-state index contributed by atoms with van der Waals surface area (Å²) in [5.41, 5.74) is 0.586. The summed E-state index contributed by atoms with van der Waals surface area (Å²) in [4.78, 5) is 4.35. The number of hydrogen-bond acceptors (Lipinski definition) is 5. The highest BCUT2D eigenvalue weighted by molar-refractivity contribution is 5.63. The molecule has 0 unspecified atom stereocenters. The summed E-state index contributed by atoms with van der Waals surface area (Å²) in [7, 11) is 1.55. The van der Waals surface area contributed by atoms with Crippen LogP contribution in [0.25, 0.3) is 11.5 Å². The predicted octanol–water partition coefficient (Wildman–Crippen LogP) is 2.50. The Hall–Kier alpha value is -2.04. The molecule has 0 radical (unpaired) electrons. The van der Waals surface area contributed by atoms with Crippen molar-refractivity contribution in [2.75, 3.05) is 7.11 Å². The molecular weight excluding hydrogens is 232 g/mol. The Morgan fingerprint density at radius 1 is 1.39 bits per heavy atom. The maximum absolute atomic E-state index is 9.90. The van der Waals surface area contributed by atoms with Crippen LogP contribution in [0.5, 0.6) is 11.5 Å². The van der Waals surface area contributed by atoms with Gasteiger partial charge in [-0.25, -0.2) is 0 Å². The maximum Gasteiger partial charge on any atom is 0.261 e. The number of ether oxygens (including phenoxy) is 1. The Kier molecular flexibility index (Phi) is 2.29. The number of hydrogen-bond donors (Lipinski definition) is 1. The molecule has 1 aliphatic rings. The first-order chi connectivity index (χ1) is 8.62. The SMILES string of the molecule is COc1ccc(-c2nc(C3(C)CC3)no2)c(O)c1. The molecule has 0 aliphatic heterocycles. The van der Waals surface area contributed by atoms with E-state index in [0.29, 0.717) is 23.0 Å². The fraction of sp³-hybridized carbons (Fsp3) is 0.385. The Balaban J connectivity index is 1.97. The summed E-state index contributed by atoms with van der Waals surface area (Å²) in [6.45, 7) is 2.11. The number of rotatable bonds is 3. The molecule has 0 saturated heterocycles. The van der Waals surface area contributed by atoms with Gasteiger partial charge in [-0.05, 0) is 25.0 Å². The van der Waals surface area contributed by atoms with Crippen molar-refractivity contribution in [3.05, 3.63) is 24.0 Å².